The average Bonchev–Trinajstić information content (AvgIpc) is 2.75. The van der Waals surface area contributed by atoms with E-state index in [-0.39, 0.29) is 0 Å². The first-order valence-electron chi connectivity index (χ1n) is 5.06. The van der Waals surface area contributed by atoms with Gasteiger partial charge in [-0.05, 0) is 24.7 Å². The van der Waals surface area contributed by atoms with E-state index in [9.17, 15) is 10.2 Å². The summed E-state index contributed by atoms with van der Waals surface area (Å²) < 4.78 is 5.09. The maximum absolute atomic E-state index is 9.87. The van der Waals surface area contributed by atoms with Crippen LogP contribution in [0.2, 0.25) is 0 Å². The maximum Gasteiger partial charge on any atom is 0.181 e. The summed E-state index contributed by atoms with van der Waals surface area (Å²) in [6, 6.07) is 5.16. The molecule has 2 rings (SSSR count). The van der Waals surface area contributed by atoms with Gasteiger partial charge >= 0.3 is 0 Å². The number of likely N-dealkylation sites (N-methyl/N-ethyl adjacent to an activating group) is 1. The van der Waals surface area contributed by atoms with Crippen molar-refractivity contribution in [2.75, 3.05) is 13.6 Å². The van der Waals surface area contributed by atoms with Gasteiger partial charge in [0.2, 0.25) is 0 Å². The molecule has 1 aromatic heterocycles. The van der Waals surface area contributed by atoms with Gasteiger partial charge in [0.1, 0.15) is 11.6 Å². The molecule has 2 atom stereocenters. The predicted molar refractivity (Wildman–Crippen MR) is 58.9 cm³/mol. The van der Waals surface area contributed by atoms with Crippen molar-refractivity contribution in [1.82, 2.24) is 10.3 Å². The molecule has 0 radical (unpaired) electrons. The third-order valence-corrected chi connectivity index (χ3v) is 2.47. The Hall–Kier alpha value is -1.43. The number of hydrogen-bond donors (Lipinski definition) is 3. The average molecular weight is 222 g/mol. The smallest absolute Gasteiger partial charge is 0.181 e. The molecule has 1 heterocycles. The van der Waals surface area contributed by atoms with Crippen molar-refractivity contribution < 1.29 is 14.6 Å². The Balaban J connectivity index is 2.24. The van der Waals surface area contributed by atoms with Crippen molar-refractivity contribution in [3.63, 3.8) is 0 Å². The summed E-state index contributed by atoms with van der Waals surface area (Å²) in [5, 5.41) is 22.3. The van der Waals surface area contributed by atoms with Gasteiger partial charge in [0.05, 0.1) is 6.10 Å². The van der Waals surface area contributed by atoms with Crippen LogP contribution in [0.1, 0.15) is 11.7 Å². The Morgan fingerprint density at radius 3 is 3.00 bits per heavy atom. The van der Waals surface area contributed by atoms with E-state index in [0.29, 0.717) is 23.2 Å². The molecule has 2 unspecified atom stereocenters. The molecule has 1 aromatic carbocycles. The lowest BCUT2D eigenvalue weighted by molar-refractivity contribution is 0.0203. The molecule has 0 spiro atoms. The highest BCUT2D eigenvalue weighted by atomic mass is 16.3. The van der Waals surface area contributed by atoms with E-state index < -0.39 is 12.2 Å². The molecule has 0 aliphatic heterocycles. The second-order valence-electron chi connectivity index (χ2n) is 3.65. The fraction of sp³-hybridized carbons (Fsp3) is 0.364. The topological polar surface area (TPSA) is 78.5 Å². The van der Waals surface area contributed by atoms with Crippen LogP contribution in [-0.2, 0) is 0 Å². The molecule has 16 heavy (non-hydrogen) atoms. The molecular weight excluding hydrogens is 208 g/mol. The highest BCUT2D eigenvalue weighted by molar-refractivity contribution is 5.72. The molecule has 5 heteroatoms. The van der Waals surface area contributed by atoms with Gasteiger partial charge in [0.25, 0.3) is 0 Å². The van der Waals surface area contributed by atoms with Gasteiger partial charge < -0.3 is 19.9 Å². The number of aliphatic hydroxyl groups is 2. The number of benzene rings is 1. The summed E-state index contributed by atoms with van der Waals surface area (Å²) in [5.41, 5.74) is 1.97. The number of aromatic nitrogens is 1. The fourth-order valence-electron chi connectivity index (χ4n) is 1.60. The molecule has 0 fully saturated rings. The Kier molecular flexibility index (Phi) is 3.19. The molecule has 0 amide bonds. The minimum Gasteiger partial charge on any atom is -0.443 e. The molecule has 5 nitrogen and oxygen atoms in total. The summed E-state index contributed by atoms with van der Waals surface area (Å²) in [7, 11) is 1.72. The summed E-state index contributed by atoms with van der Waals surface area (Å²) in [5.74, 6) is 0. The zero-order valence-electron chi connectivity index (χ0n) is 8.92. The third kappa shape index (κ3) is 2.06. The van der Waals surface area contributed by atoms with Crippen LogP contribution in [-0.4, -0.2) is 34.9 Å². The number of fused-ring (bicyclic) bond motifs is 1. The van der Waals surface area contributed by atoms with Gasteiger partial charge in [-0.1, -0.05) is 6.07 Å². The van der Waals surface area contributed by atoms with Crippen LogP contribution in [0.15, 0.2) is 29.0 Å². The molecule has 3 N–H and O–H groups in total. The van der Waals surface area contributed by atoms with E-state index in [2.05, 4.69) is 10.3 Å². The molecule has 0 saturated heterocycles. The maximum atomic E-state index is 9.87. The number of oxazole rings is 1. The Morgan fingerprint density at radius 2 is 2.25 bits per heavy atom. The van der Waals surface area contributed by atoms with Crippen LogP contribution in [0.5, 0.6) is 0 Å². The van der Waals surface area contributed by atoms with Gasteiger partial charge in [0.15, 0.2) is 12.0 Å². The molecule has 0 bridgehead atoms. The molecular formula is C11H14N2O3. The van der Waals surface area contributed by atoms with E-state index in [1.165, 1.54) is 6.39 Å². The lowest BCUT2D eigenvalue weighted by atomic mass is 10.0. The molecule has 0 aliphatic carbocycles. The number of nitrogens with one attached hydrogen (secondary N) is 1. The van der Waals surface area contributed by atoms with Crippen molar-refractivity contribution in [1.29, 1.82) is 0 Å². The zero-order valence-corrected chi connectivity index (χ0v) is 8.92. The second kappa shape index (κ2) is 4.61. The quantitative estimate of drug-likeness (QED) is 0.699. The van der Waals surface area contributed by atoms with E-state index in [0.717, 1.165) is 0 Å². The highest BCUT2D eigenvalue weighted by Crippen LogP contribution is 2.21. The normalized spacial score (nSPS) is 15.2. The van der Waals surface area contributed by atoms with E-state index >= 15 is 0 Å². The first-order chi connectivity index (χ1) is 7.72. The summed E-state index contributed by atoms with van der Waals surface area (Å²) >= 11 is 0. The van der Waals surface area contributed by atoms with Gasteiger partial charge in [-0.2, -0.15) is 0 Å². The molecule has 2 aromatic rings. The first-order valence-corrected chi connectivity index (χ1v) is 5.06. The minimum atomic E-state index is -0.923. The van der Waals surface area contributed by atoms with Crippen LogP contribution < -0.4 is 5.32 Å². The monoisotopic (exact) mass is 222 g/mol. The van der Waals surface area contributed by atoms with Crippen LogP contribution in [0.3, 0.4) is 0 Å². The van der Waals surface area contributed by atoms with E-state index in [4.69, 9.17) is 4.42 Å². The SMILES string of the molecule is CNCC(O)C(O)c1ccc2ocnc2c1. The predicted octanol–water partition coefficient (Wildman–Crippen LogP) is 0.441. The number of aliphatic hydroxyl groups excluding tert-OH is 2. The van der Waals surface area contributed by atoms with E-state index in [1.54, 1.807) is 25.2 Å². The lowest BCUT2D eigenvalue weighted by Gasteiger charge is -2.17. The number of rotatable bonds is 4. The van der Waals surface area contributed by atoms with Crippen molar-refractivity contribution in [3.05, 3.63) is 30.2 Å². The Morgan fingerprint density at radius 1 is 1.44 bits per heavy atom. The molecule has 86 valence electrons. The van der Waals surface area contributed by atoms with Crippen LogP contribution >= 0.6 is 0 Å². The van der Waals surface area contributed by atoms with Crippen LogP contribution in [0.25, 0.3) is 11.1 Å². The first kappa shape index (κ1) is 11.1. The second-order valence-corrected chi connectivity index (χ2v) is 3.65. The number of nitrogens with zero attached hydrogens (tertiary/aromatic N) is 1. The van der Waals surface area contributed by atoms with Crippen LogP contribution in [0, 0.1) is 0 Å². The molecule has 0 aliphatic rings. The van der Waals surface area contributed by atoms with Crippen molar-refractivity contribution in [2.24, 2.45) is 0 Å². The zero-order chi connectivity index (χ0) is 11.5. The summed E-state index contributed by atoms with van der Waals surface area (Å²) in [4.78, 5) is 3.99. The Bertz CT molecular complexity index is 469. The standard InChI is InChI=1S/C11H14N2O3/c1-12-5-9(14)11(15)7-2-3-10-8(4-7)13-6-16-10/h2-4,6,9,11-12,14-15H,5H2,1H3. The van der Waals surface area contributed by atoms with Crippen molar-refractivity contribution >= 4 is 11.1 Å². The Labute approximate surface area is 92.7 Å². The third-order valence-electron chi connectivity index (χ3n) is 2.47. The highest BCUT2D eigenvalue weighted by Gasteiger charge is 2.18. The molecule has 0 saturated carbocycles. The largest absolute Gasteiger partial charge is 0.443 e. The van der Waals surface area contributed by atoms with Gasteiger partial charge in [-0.25, -0.2) is 4.98 Å². The van der Waals surface area contributed by atoms with Gasteiger partial charge in [-0.15, -0.1) is 0 Å². The van der Waals surface area contributed by atoms with E-state index in [1.807, 2.05) is 0 Å². The van der Waals surface area contributed by atoms with Crippen LogP contribution in [0.4, 0.5) is 0 Å². The number of hydrogen-bond acceptors (Lipinski definition) is 5. The lowest BCUT2D eigenvalue weighted by Crippen LogP contribution is -2.29. The van der Waals surface area contributed by atoms with Gasteiger partial charge in [-0.3, -0.25) is 0 Å². The summed E-state index contributed by atoms with van der Waals surface area (Å²) in [6.45, 7) is 0.331. The van der Waals surface area contributed by atoms with Crippen molar-refractivity contribution in [2.45, 2.75) is 12.2 Å². The minimum absolute atomic E-state index is 0.331. The van der Waals surface area contributed by atoms with Crippen molar-refractivity contribution in [3.8, 4) is 0 Å². The summed E-state index contributed by atoms with van der Waals surface area (Å²) in [6.07, 6.45) is -0.409. The van der Waals surface area contributed by atoms with Gasteiger partial charge in [0, 0.05) is 6.54 Å². The fourth-order valence-corrected chi connectivity index (χ4v) is 1.60.